The number of fused-ring (bicyclic) bond motifs is 1. The predicted molar refractivity (Wildman–Crippen MR) is 109 cm³/mol. The van der Waals surface area contributed by atoms with Crippen molar-refractivity contribution < 1.29 is 10.2 Å². The maximum atomic E-state index is 9.96. The molecule has 4 heterocycles. The van der Waals surface area contributed by atoms with Crippen molar-refractivity contribution in [3.05, 3.63) is 34.6 Å². The number of piperazine rings is 1. The van der Waals surface area contributed by atoms with Crippen molar-refractivity contribution in [2.24, 2.45) is 4.99 Å². The zero-order chi connectivity index (χ0) is 20.0. The lowest BCUT2D eigenvalue weighted by molar-refractivity contribution is 0.270. The van der Waals surface area contributed by atoms with Crippen LogP contribution in [0, 0.1) is 0 Å². The zero-order valence-corrected chi connectivity index (χ0v) is 16.4. The van der Waals surface area contributed by atoms with Crippen molar-refractivity contribution in [2.45, 2.75) is 25.8 Å². The van der Waals surface area contributed by atoms with E-state index in [4.69, 9.17) is 9.98 Å². The van der Waals surface area contributed by atoms with Crippen LogP contribution >= 0.6 is 0 Å². The molecule has 9 nitrogen and oxygen atoms in total. The average Bonchev–Trinajstić information content (AvgIpc) is 3.36. The minimum absolute atomic E-state index is 0.0860. The van der Waals surface area contributed by atoms with Gasteiger partial charge >= 0.3 is 0 Å². The molecule has 1 aliphatic carbocycles. The maximum absolute atomic E-state index is 9.96. The molecule has 2 fully saturated rings. The van der Waals surface area contributed by atoms with Crippen LogP contribution in [0.3, 0.4) is 0 Å². The second-order valence-electron chi connectivity index (χ2n) is 7.69. The van der Waals surface area contributed by atoms with E-state index >= 15 is 0 Å². The second-order valence-corrected chi connectivity index (χ2v) is 7.69. The standard InChI is InChI=1S/C20H25N7O2/c1-2-25-5-7-26(8-6-25)16-11-17(22-15-3-4-15)27-19(23-16)14(12-21-27)9-13-10-18(28)24-20(13)29/h9-12,15,24,28-29H,2-8H2,1H3. The smallest absolute Gasteiger partial charge is 0.198 e. The Morgan fingerprint density at radius 1 is 1.21 bits per heavy atom. The summed E-state index contributed by atoms with van der Waals surface area (Å²) in [4.78, 5) is 17.0. The van der Waals surface area contributed by atoms with Gasteiger partial charge in [-0.15, -0.1) is 0 Å². The molecule has 5 rings (SSSR count). The first kappa shape index (κ1) is 18.0. The van der Waals surface area contributed by atoms with Crippen LogP contribution in [-0.4, -0.2) is 73.5 Å². The molecule has 0 radical (unpaired) electrons. The fourth-order valence-corrected chi connectivity index (χ4v) is 3.71. The first-order valence-electron chi connectivity index (χ1n) is 10.1. The van der Waals surface area contributed by atoms with Gasteiger partial charge in [0.1, 0.15) is 5.82 Å². The van der Waals surface area contributed by atoms with Crippen LogP contribution in [0.15, 0.2) is 23.3 Å². The van der Waals surface area contributed by atoms with Crippen molar-refractivity contribution in [1.82, 2.24) is 24.5 Å². The van der Waals surface area contributed by atoms with E-state index in [1.54, 1.807) is 16.8 Å². The molecule has 0 spiro atoms. The highest BCUT2D eigenvalue weighted by molar-refractivity contribution is 5.62. The number of hydrogen-bond acceptors (Lipinski definition) is 7. The Morgan fingerprint density at radius 2 is 2.00 bits per heavy atom. The minimum Gasteiger partial charge on any atom is -0.494 e. The Balaban J connectivity index is 1.62. The summed E-state index contributed by atoms with van der Waals surface area (Å²) in [5, 5.41) is 24.8. The second kappa shape index (κ2) is 7.07. The van der Waals surface area contributed by atoms with Gasteiger partial charge < -0.3 is 20.0 Å². The van der Waals surface area contributed by atoms with Gasteiger partial charge in [-0.3, -0.25) is 9.98 Å². The fourth-order valence-electron chi connectivity index (χ4n) is 3.71. The Kier molecular flexibility index (Phi) is 4.39. The molecule has 9 heteroatoms. The lowest BCUT2D eigenvalue weighted by Crippen LogP contribution is -2.46. The number of nitrogens with zero attached hydrogens (tertiary/aromatic N) is 6. The molecule has 0 aromatic carbocycles. The molecule has 3 aromatic heterocycles. The minimum atomic E-state index is -0.0865. The quantitative estimate of drug-likeness (QED) is 0.584. The lowest BCUT2D eigenvalue weighted by Gasteiger charge is -2.34. The molecule has 29 heavy (non-hydrogen) atoms. The first-order chi connectivity index (χ1) is 14.1. The number of H-pyrrole nitrogens is 1. The average molecular weight is 395 g/mol. The zero-order valence-electron chi connectivity index (χ0n) is 16.4. The third-order valence-corrected chi connectivity index (χ3v) is 5.60. The first-order valence-corrected chi connectivity index (χ1v) is 10.1. The number of anilines is 1. The van der Waals surface area contributed by atoms with E-state index in [1.807, 2.05) is 6.07 Å². The molecule has 0 unspecified atom stereocenters. The largest absolute Gasteiger partial charge is 0.494 e. The highest BCUT2D eigenvalue weighted by atomic mass is 16.3. The van der Waals surface area contributed by atoms with Crippen LogP contribution in [-0.2, 0) is 0 Å². The van der Waals surface area contributed by atoms with E-state index in [0.717, 1.165) is 62.1 Å². The summed E-state index contributed by atoms with van der Waals surface area (Å²) in [5.41, 5.74) is 1.99. The van der Waals surface area contributed by atoms with Gasteiger partial charge in [-0.2, -0.15) is 9.61 Å². The van der Waals surface area contributed by atoms with Crippen LogP contribution in [0.4, 0.5) is 5.82 Å². The highest BCUT2D eigenvalue weighted by Crippen LogP contribution is 2.23. The van der Waals surface area contributed by atoms with Crippen molar-refractivity contribution in [3.63, 3.8) is 0 Å². The van der Waals surface area contributed by atoms with E-state index in [0.29, 0.717) is 17.3 Å². The summed E-state index contributed by atoms with van der Waals surface area (Å²) in [6.07, 6.45) is 5.72. The van der Waals surface area contributed by atoms with Crippen LogP contribution in [0.2, 0.25) is 0 Å². The Morgan fingerprint density at radius 3 is 2.66 bits per heavy atom. The van der Waals surface area contributed by atoms with Gasteiger partial charge in [-0.1, -0.05) is 6.92 Å². The Bertz CT molecular complexity index is 1150. The van der Waals surface area contributed by atoms with Crippen molar-refractivity contribution in [1.29, 1.82) is 0 Å². The number of aromatic amines is 1. The monoisotopic (exact) mass is 395 g/mol. The normalized spacial score (nSPS) is 19.6. The van der Waals surface area contributed by atoms with E-state index in [2.05, 4.69) is 26.8 Å². The maximum Gasteiger partial charge on any atom is 0.198 e. The van der Waals surface area contributed by atoms with Gasteiger partial charge in [-0.05, 0) is 25.5 Å². The van der Waals surface area contributed by atoms with Gasteiger partial charge in [-0.25, -0.2) is 4.98 Å². The molecule has 0 atom stereocenters. The number of likely N-dealkylation sites (N-methyl/N-ethyl adjacent to an activating group) is 1. The molecule has 0 bridgehead atoms. The van der Waals surface area contributed by atoms with E-state index in [9.17, 15) is 10.2 Å². The summed E-state index contributed by atoms with van der Waals surface area (Å²) in [5.74, 6) is 0.734. The van der Waals surface area contributed by atoms with Crippen LogP contribution in [0.1, 0.15) is 25.3 Å². The molecule has 0 amide bonds. The molecule has 1 saturated heterocycles. The van der Waals surface area contributed by atoms with Gasteiger partial charge in [0.2, 0.25) is 0 Å². The molecule has 3 aromatic rings. The van der Waals surface area contributed by atoms with E-state index in [-0.39, 0.29) is 11.8 Å². The Hall–Kier alpha value is -3.07. The van der Waals surface area contributed by atoms with Gasteiger partial charge in [0.05, 0.1) is 12.2 Å². The SMILES string of the molecule is CCN1CCN(c2cc(=NC3CC3)n3ncc(=Cc4cc(O)[nH]c4O)c3n2)CC1. The molecular weight excluding hydrogens is 370 g/mol. The van der Waals surface area contributed by atoms with Crippen molar-refractivity contribution >= 4 is 17.5 Å². The van der Waals surface area contributed by atoms with Crippen LogP contribution < -0.4 is 15.6 Å². The summed E-state index contributed by atoms with van der Waals surface area (Å²) in [7, 11) is 0. The summed E-state index contributed by atoms with van der Waals surface area (Å²) in [6, 6.07) is 3.87. The summed E-state index contributed by atoms with van der Waals surface area (Å²) < 4.78 is 1.76. The van der Waals surface area contributed by atoms with E-state index < -0.39 is 0 Å². The molecule has 3 N–H and O–H groups in total. The van der Waals surface area contributed by atoms with E-state index in [1.165, 1.54) is 6.07 Å². The lowest BCUT2D eigenvalue weighted by atomic mass is 10.2. The van der Waals surface area contributed by atoms with Gasteiger partial charge in [0.15, 0.2) is 22.9 Å². The molecule has 152 valence electrons. The number of nitrogens with one attached hydrogen (secondary N) is 1. The topological polar surface area (TPSA) is 105 Å². The number of rotatable bonds is 4. The molecule has 1 aliphatic heterocycles. The van der Waals surface area contributed by atoms with Crippen LogP contribution in [0.25, 0.3) is 11.7 Å². The number of aromatic hydroxyl groups is 2. The van der Waals surface area contributed by atoms with Gasteiger partial charge in [0, 0.05) is 49.1 Å². The number of hydrogen-bond donors (Lipinski definition) is 3. The molecular formula is C20H25N7O2. The fraction of sp³-hybridized carbons (Fsp3) is 0.450. The third-order valence-electron chi connectivity index (χ3n) is 5.60. The highest BCUT2D eigenvalue weighted by Gasteiger charge is 2.22. The van der Waals surface area contributed by atoms with Gasteiger partial charge in [0.25, 0.3) is 0 Å². The number of aromatic nitrogens is 4. The molecule has 1 saturated carbocycles. The summed E-state index contributed by atoms with van der Waals surface area (Å²) in [6.45, 7) is 7.16. The predicted octanol–water partition coefficient (Wildman–Crippen LogP) is 0.221. The van der Waals surface area contributed by atoms with Crippen LogP contribution in [0.5, 0.6) is 11.8 Å². The Labute approximate surface area is 167 Å². The third kappa shape index (κ3) is 3.53. The summed E-state index contributed by atoms with van der Waals surface area (Å²) >= 11 is 0. The molecule has 2 aliphatic rings. The van der Waals surface area contributed by atoms with Crippen molar-refractivity contribution in [3.8, 4) is 11.8 Å². The van der Waals surface area contributed by atoms with Crippen molar-refractivity contribution in [2.75, 3.05) is 37.6 Å².